The molecule has 9 heteroatoms. The standard InChI is InChI=1S/C15H17N5O3S/c1-7-18-19-15(24-7)17-14(23)16-6-20-12(21)10-8-2-3-9(5-4-8)11(10)13(20)22/h2-3,8-11H,4-6H2,1H3,(H2,16,17,19,23)/t8-,9-,10-,11-/m0/s1. The first-order valence-electron chi connectivity index (χ1n) is 7.93. The third-order valence-electron chi connectivity index (χ3n) is 4.99. The van der Waals surface area contributed by atoms with Crippen molar-refractivity contribution < 1.29 is 14.4 Å². The first-order valence-corrected chi connectivity index (χ1v) is 8.75. The molecule has 0 radical (unpaired) electrons. The molecule has 3 aliphatic carbocycles. The van der Waals surface area contributed by atoms with Crippen molar-refractivity contribution in [2.24, 2.45) is 23.7 Å². The number of hydrogen-bond donors (Lipinski definition) is 2. The second-order valence-electron chi connectivity index (χ2n) is 6.36. The van der Waals surface area contributed by atoms with Crippen molar-refractivity contribution in [1.82, 2.24) is 20.4 Å². The number of likely N-dealkylation sites (tertiary alicyclic amines) is 1. The fraction of sp³-hybridized carbons (Fsp3) is 0.533. The number of anilines is 1. The van der Waals surface area contributed by atoms with E-state index in [0.717, 1.165) is 17.8 Å². The first-order chi connectivity index (χ1) is 11.5. The maximum absolute atomic E-state index is 12.6. The van der Waals surface area contributed by atoms with Crippen LogP contribution >= 0.6 is 11.3 Å². The lowest BCUT2D eigenvalue weighted by atomic mass is 9.63. The second kappa shape index (κ2) is 5.66. The van der Waals surface area contributed by atoms with Gasteiger partial charge in [-0.3, -0.25) is 19.8 Å². The number of allylic oxidation sites excluding steroid dienone is 2. The number of aryl methyl sites for hydroxylation is 1. The van der Waals surface area contributed by atoms with E-state index >= 15 is 0 Å². The Bertz CT molecular complexity index is 713. The highest BCUT2D eigenvalue weighted by Crippen LogP contribution is 2.49. The van der Waals surface area contributed by atoms with Gasteiger partial charge in [0.15, 0.2) is 0 Å². The highest BCUT2D eigenvalue weighted by molar-refractivity contribution is 7.15. The Morgan fingerprint density at radius 2 is 1.83 bits per heavy atom. The van der Waals surface area contributed by atoms with E-state index in [0.29, 0.717) is 5.13 Å². The lowest BCUT2D eigenvalue weighted by molar-refractivity contribution is -0.140. The molecule has 1 aliphatic heterocycles. The summed E-state index contributed by atoms with van der Waals surface area (Å²) >= 11 is 1.25. The van der Waals surface area contributed by atoms with E-state index < -0.39 is 6.03 Å². The number of aromatic nitrogens is 2. The molecule has 1 aromatic heterocycles. The Kier molecular flexibility index (Phi) is 3.60. The van der Waals surface area contributed by atoms with Gasteiger partial charge in [0.1, 0.15) is 11.7 Å². The molecule has 8 nitrogen and oxygen atoms in total. The molecule has 4 aliphatic rings. The molecule has 0 spiro atoms. The number of amides is 4. The average molecular weight is 347 g/mol. The molecule has 2 N–H and O–H groups in total. The summed E-state index contributed by atoms with van der Waals surface area (Å²) in [6.45, 7) is 1.67. The van der Waals surface area contributed by atoms with Crippen LogP contribution in [0.15, 0.2) is 12.2 Å². The molecule has 1 aromatic rings. The third-order valence-corrected chi connectivity index (χ3v) is 5.75. The predicted molar refractivity (Wildman–Crippen MR) is 85.9 cm³/mol. The van der Waals surface area contributed by atoms with E-state index in [1.165, 1.54) is 16.2 Å². The lowest BCUT2D eigenvalue weighted by Gasteiger charge is -2.38. The highest BCUT2D eigenvalue weighted by Gasteiger charge is 2.56. The Morgan fingerprint density at radius 1 is 1.21 bits per heavy atom. The molecular formula is C15H17N5O3S. The van der Waals surface area contributed by atoms with Crippen LogP contribution in [0.4, 0.5) is 9.93 Å². The molecular weight excluding hydrogens is 330 g/mol. The molecule has 4 atom stereocenters. The van der Waals surface area contributed by atoms with E-state index in [-0.39, 0.29) is 42.2 Å². The quantitative estimate of drug-likeness (QED) is 0.630. The van der Waals surface area contributed by atoms with Gasteiger partial charge in [0.05, 0.1) is 11.8 Å². The van der Waals surface area contributed by atoms with E-state index in [2.05, 4.69) is 33.0 Å². The monoisotopic (exact) mass is 347 g/mol. The number of nitrogens with zero attached hydrogens (tertiary/aromatic N) is 3. The molecule has 24 heavy (non-hydrogen) atoms. The summed E-state index contributed by atoms with van der Waals surface area (Å²) in [5, 5.41) is 13.8. The first kappa shape index (κ1) is 15.3. The van der Waals surface area contributed by atoms with Crippen molar-refractivity contribution in [2.45, 2.75) is 19.8 Å². The molecule has 2 bridgehead atoms. The number of carbonyl (C=O) groups is 3. The van der Waals surface area contributed by atoms with Crippen LogP contribution in [0, 0.1) is 30.6 Å². The van der Waals surface area contributed by atoms with Crippen LogP contribution in [-0.4, -0.2) is 39.6 Å². The largest absolute Gasteiger partial charge is 0.322 e. The molecule has 0 aromatic carbocycles. The smallest absolute Gasteiger partial charge is 0.320 e. The summed E-state index contributed by atoms with van der Waals surface area (Å²) in [5.74, 6) is -0.541. The zero-order valence-corrected chi connectivity index (χ0v) is 13.9. The van der Waals surface area contributed by atoms with Gasteiger partial charge in [-0.25, -0.2) is 4.79 Å². The maximum atomic E-state index is 12.6. The normalized spacial score (nSPS) is 30.6. The van der Waals surface area contributed by atoms with E-state index in [9.17, 15) is 14.4 Å². The minimum atomic E-state index is -0.511. The SMILES string of the molecule is Cc1nnc(NC(=O)NCN2C(=O)[C@@H]3[C@@H](C2=O)[C@H]2C=C[C@H]3CC2)s1. The van der Waals surface area contributed by atoms with Gasteiger partial charge >= 0.3 is 6.03 Å². The molecule has 1 saturated carbocycles. The number of rotatable bonds is 3. The van der Waals surface area contributed by atoms with Crippen molar-refractivity contribution in [3.8, 4) is 0 Å². The second-order valence-corrected chi connectivity index (χ2v) is 7.54. The Hall–Kier alpha value is -2.29. The number of urea groups is 1. The van der Waals surface area contributed by atoms with Gasteiger partial charge in [-0.15, -0.1) is 10.2 Å². The van der Waals surface area contributed by atoms with Gasteiger partial charge in [0.2, 0.25) is 16.9 Å². The van der Waals surface area contributed by atoms with Crippen LogP contribution < -0.4 is 10.6 Å². The molecule has 2 heterocycles. The van der Waals surface area contributed by atoms with Crippen LogP contribution in [0.25, 0.3) is 0 Å². The number of fused-ring (bicyclic) bond motifs is 1. The summed E-state index contributed by atoms with van der Waals surface area (Å²) in [4.78, 5) is 38.3. The van der Waals surface area contributed by atoms with Gasteiger partial charge in [0.25, 0.3) is 0 Å². The van der Waals surface area contributed by atoms with Crippen molar-refractivity contribution in [1.29, 1.82) is 0 Å². The number of hydrogen-bond acceptors (Lipinski definition) is 6. The maximum Gasteiger partial charge on any atom is 0.322 e. The zero-order chi connectivity index (χ0) is 16.8. The molecule has 4 amide bonds. The molecule has 1 saturated heterocycles. The van der Waals surface area contributed by atoms with Gasteiger partial charge < -0.3 is 5.32 Å². The summed E-state index contributed by atoms with van der Waals surface area (Å²) < 4.78 is 0. The van der Waals surface area contributed by atoms with E-state index in [4.69, 9.17) is 0 Å². The summed E-state index contributed by atoms with van der Waals surface area (Å²) in [5.41, 5.74) is 0. The highest BCUT2D eigenvalue weighted by atomic mass is 32.1. The van der Waals surface area contributed by atoms with E-state index in [1.807, 2.05) is 0 Å². The minimum Gasteiger partial charge on any atom is -0.320 e. The molecule has 126 valence electrons. The van der Waals surface area contributed by atoms with Crippen LogP contribution in [0.5, 0.6) is 0 Å². The Labute approximate surface area is 142 Å². The molecule has 0 unspecified atom stereocenters. The fourth-order valence-electron chi connectivity index (χ4n) is 3.93. The molecule has 2 fully saturated rings. The number of carbonyl (C=O) groups excluding carboxylic acids is 3. The summed E-state index contributed by atoms with van der Waals surface area (Å²) in [7, 11) is 0. The number of imide groups is 1. The zero-order valence-electron chi connectivity index (χ0n) is 13.1. The van der Waals surface area contributed by atoms with Gasteiger partial charge in [-0.05, 0) is 31.6 Å². The fourth-order valence-corrected chi connectivity index (χ4v) is 4.52. The van der Waals surface area contributed by atoms with Crippen LogP contribution in [0.3, 0.4) is 0 Å². The number of nitrogens with one attached hydrogen (secondary N) is 2. The van der Waals surface area contributed by atoms with Gasteiger partial charge in [-0.2, -0.15) is 0 Å². The van der Waals surface area contributed by atoms with Crippen LogP contribution in [0.2, 0.25) is 0 Å². The topological polar surface area (TPSA) is 104 Å². The van der Waals surface area contributed by atoms with Crippen molar-refractivity contribution in [3.05, 3.63) is 17.2 Å². The Morgan fingerprint density at radius 3 is 2.33 bits per heavy atom. The van der Waals surface area contributed by atoms with Gasteiger partial charge in [0, 0.05) is 0 Å². The van der Waals surface area contributed by atoms with Crippen molar-refractivity contribution in [3.63, 3.8) is 0 Å². The van der Waals surface area contributed by atoms with Gasteiger partial charge in [-0.1, -0.05) is 23.5 Å². The average Bonchev–Trinajstić information content (AvgIpc) is 3.10. The van der Waals surface area contributed by atoms with Crippen molar-refractivity contribution >= 4 is 34.3 Å². The third kappa shape index (κ3) is 2.39. The lowest BCUT2D eigenvalue weighted by Crippen LogP contribution is -2.43. The van der Waals surface area contributed by atoms with Crippen LogP contribution in [0.1, 0.15) is 17.8 Å². The summed E-state index contributed by atoms with van der Waals surface area (Å²) in [6.07, 6.45) is 6.06. The minimum absolute atomic E-state index is 0.117. The Balaban J connectivity index is 1.39. The van der Waals surface area contributed by atoms with Crippen molar-refractivity contribution in [2.75, 3.05) is 12.0 Å². The van der Waals surface area contributed by atoms with E-state index in [1.54, 1.807) is 6.92 Å². The predicted octanol–water partition coefficient (Wildman–Crippen LogP) is 1.12. The van der Waals surface area contributed by atoms with Crippen LogP contribution in [-0.2, 0) is 9.59 Å². The molecule has 5 rings (SSSR count). The summed E-state index contributed by atoms with van der Waals surface area (Å²) in [6, 6.07) is -0.511.